The number of hydrogen-bond acceptors (Lipinski definition) is 5. The second kappa shape index (κ2) is 7.93. The van der Waals surface area contributed by atoms with Crippen LogP contribution in [0.15, 0.2) is 36.0 Å². The number of benzene rings is 1. The summed E-state index contributed by atoms with van der Waals surface area (Å²) >= 11 is 0. The first-order valence-corrected chi connectivity index (χ1v) is 8.40. The Kier molecular flexibility index (Phi) is 5.92. The molecule has 1 saturated heterocycles. The summed E-state index contributed by atoms with van der Waals surface area (Å²) in [5.74, 6) is 0.524. The highest BCUT2D eigenvalue weighted by atomic mass is 16.5. The minimum atomic E-state index is -0.365. The molecule has 0 aliphatic carbocycles. The molecule has 1 aromatic rings. The Morgan fingerprint density at radius 1 is 1.24 bits per heavy atom. The predicted octanol–water partition coefficient (Wildman–Crippen LogP) is 2.14. The van der Waals surface area contributed by atoms with E-state index in [4.69, 9.17) is 4.74 Å². The highest BCUT2D eigenvalue weighted by Crippen LogP contribution is 2.28. The molecule has 6 heteroatoms. The molecular formula is C19H26N4O2. The van der Waals surface area contributed by atoms with Crippen LogP contribution in [0, 0.1) is 11.3 Å². The number of rotatable bonds is 4. The molecule has 0 spiro atoms. The number of piperazine rings is 1. The van der Waals surface area contributed by atoms with Crippen LogP contribution in [0.4, 0.5) is 5.69 Å². The van der Waals surface area contributed by atoms with Crippen LogP contribution < -0.4 is 15.0 Å². The van der Waals surface area contributed by atoms with Crippen molar-refractivity contribution in [3.8, 4) is 11.8 Å². The summed E-state index contributed by atoms with van der Waals surface area (Å²) < 4.78 is 5.42. The van der Waals surface area contributed by atoms with E-state index in [1.165, 1.54) is 0 Å². The molecule has 1 N–H and O–H groups in total. The lowest BCUT2D eigenvalue weighted by atomic mass is 10.1. The van der Waals surface area contributed by atoms with E-state index in [2.05, 4.69) is 10.2 Å². The Labute approximate surface area is 149 Å². The van der Waals surface area contributed by atoms with Gasteiger partial charge < -0.3 is 19.9 Å². The molecule has 6 nitrogen and oxygen atoms in total. The molecule has 1 fully saturated rings. The zero-order valence-electron chi connectivity index (χ0n) is 15.4. The van der Waals surface area contributed by atoms with Crippen molar-refractivity contribution in [3.63, 3.8) is 0 Å². The van der Waals surface area contributed by atoms with Gasteiger partial charge in [-0.3, -0.25) is 4.79 Å². The number of para-hydroxylation sites is 2. The first-order valence-electron chi connectivity index (χ1n) is 8.40. The molecule has 0 bridgehead atoms. The number of methoxy groups -OCH3 is 1. The number of carbonyl (C=O) groups excluding carboxylic acids is 1. The smallest absolute Gasteiger partial charge is 0.263 e. The van der Waals surface area contributed by atoms with Crippen molar-refractivity contribution in [3.05, 3.63) is 36.0 Å². The van der Waals surface area contributed by atoms with Crippen LogP contribution >= 0.6 is 0 Å². The Morgan fingerprint density at radius 2 is 1.88 bits per heavy atom. The molecule has 1 heterocycles. The molecule has 1 aliphatic heterocycles. The van der Waals surface area contributed by atoms with E-state index in [1.54, 1.807) is 13.3 Å². The van der Waals surface area contributed by atoms with Crippen LogP contribution in [0.3, 0.4) is 0 Å². The summed E-state index contributed by atoms with van der Waals surface area (Å²) in [6.07, 6.45) is 1.67. The molecule has 2 rings (SSSR count). The van der Waals surface area contributed by atoms with Crippen molar-refractivity contribution < 1.29 is 9.53 Å². The van der Waals surface area contributed by atoms with Crippen LogP contribution in [0.5, 0.6) is 5.75 Å². The Hall–Kier alpha value is -2.68. The molecule has 0 unspecified atom stereocenters. The van der Waals surface area contributed by atoms with Gasteiger partial charge in [-0.05, 0) is 32.9 Å². The van der Waals surface area contributed by atoms with E-state index in [9.17, 15) is 10.1 Å². The molecule has 0 aromatic heterocycles. The van der Waals surface area contributed by atoms with Gasteiger partial charge in [0.2, 0.25) is 0 Å². The highest BCUT2D eigenvalue weighted by molar-refractivity contribution is 5.97. The van der Waals surface area contributed by atoms with Crippen LogP contribution in [-0.4, -0.2) is 49.6 Å². The summed E-state index contributed by atoms with van der Waals surface area (Å²) in [7, 11) is 1.67. The summed E-state index contributed by atoms with van der Waals surface area (Å²) in [6.45, 7) is 8.77. The molecule has 0 atom stereocenters. The van der Waals surface area contributed by atoms with Gasteiger partial charge >= 0.3 is 0 Å². The lowest BCUT2D eigenvalue weighted by Gasteiger charge is -2.36. The zero-order valence-corrected chi connectivity index (χ0v) is 15.4. The number of nitrogens with zero attached hydrogens (tertiary/aromatic N) is 3. The maximum absolute atomic E-state index is 12.2. The SMILES string of the molecule is COc1ccccc1N1CCN(/C=C(/C#N)C(=O)NC(C)(C)C)CC1. The molecule has 1 aliphatic rings. The molecule has 1 amide bonds. The summed E-state index contributed by atoms with van der Waals surface area (Å²) in [5.41, 5.74) is 0.843. The van der Waals surface area contributed by atoms with Gasteiger partial charge in [-0.25, -0.2) is 0 Å². The Bertz CT molecular complexity index is 677. The van der Waals surface area contributed by atoms with Gasteiger partial charge in [0, 0.05) is 37.9 Å². The van der Waals surface area contributed by atoms with Crippen LogP contribution in [0.2, 0.25) is 0 Å². The van der Waals surface area contributed by atoms with E-state index in [0.29, 0.717) is 0 Å². The van der Waals surface area contributed by atoms with Gasteiger partial charge in [-0.2, -0.15) is 5.26 Å². The summed E-state index contributed by atoms with van der Waals surface area (Å²) in [5, 5.41) is 12.1. The second-order valence-electron chi connectivity index (χ2n) is 7.05. The molecular weight excluding hydrogens is 316 g/mol. The van der Waals surface area contributed by atoms with E-state index in [-0.39, 0.29) is 17.0 Å². The maximum Gasteiger partial charge on any atom is 0.263 e. The first-order chi connectivity index (χ1) is 11.8. The quantitative estimate of drug-likeness (QED) is 0.671. The molecule has 25 heavy (non-hydrogen) atoms. The third-order valence-electron chi connectivity index (χ3n) is 3.91. The van der Waals surface area contributed by atoms with E-state index < -0.39 is 0 Å². The fourth-order valence-corrected chi connectivity index (χ4v) is 2.71. The molecule has 1 aromatic carbocycles. The monoisotopic (exact) mass is 342 g/mol. The number of amides is 1. The van der Waals surface area contributed by atoms with Crippen molar-refractivity contribution in [1.29, 1.82) is 5.26 Å². The van der Waals surface area contributed by atoms with Gasteiger partial charge in [-0.1, -0.05) is 12.1 Å². The highest BCUT2D eigenvalue weighted by Gasteiger charge is 2.21. The van der Waals surface area contributed by atoms with Crippen molar-refractivity contribution in [2.45, 2.75) is 26.3 Å². The minimum absolute atomic E-state index is 0.140. The Morgan fingerprint density at radius 3 is 2.44 bits per heavy atom. The van der Waals surface area contributed by atoms with Gasteiger partial charge in [0.05, 0.1) is 12.8 Å². The average Bonchev–Trinajstić information content (AvgIpc) is 2.58. The second-order valence-corrected chi connectivity index (χ2v) is 7.05. The number of carbonyl (C=O) groups is 1. The maximum atomic E-state index is 12.2. The van der Waals surface area contributed by atoms with Gasteiger partial charge in [-0.15, -0.1) is 0 Å². The third kappa shape index (κ3) is 5.15. The fraction of sp³-hybridized carbons (Fsp3) is 0.474. The summed E-state index contributed by atoms with van der Waals surface area (Å²) in [6, 6.07) is 9.95. The lowest BCUT2D eigenvalue weighted by molar-refractivity contribution is -0.118. The van der Waals surface area contributed by atoms with Gasteiger partial charge in [0.15, 0.2) is 0 Å². The number of ether oxygens (including phenoxy) is 1. The number of anilines is 1. The third-order valence-corrected chi connectivity index (χ3v) is 3.91. The first kappa shape index (κ1) is 18.7. The average molecular weight is 342 g/mol. The van der Waals surface area contributed by atoms with Crippen molar-refractivity contribution in [1.82, 2.24) is 10.2 Å². The largest absolute Gasteiger partial charge is 0.495 e. The van der Waals surface area contributed by atoms with Crippen LogP contribution in [0.25, 0.3) is 0 Å². The minimum Gasteiger partial charge on any atom is -0.495 e. The topological polar surface area (TPSA) is 68.6 Å². The Balaban J connectivity index is 2.01. The summed E-state index contributed by atoms with van der Waals surface area (Å²) in [4.78, 5) is 16.5. The lowest BCUT2D eigenvalue weighted by Crippen LogP contribution is -2.45. The van der Waals surface area contributed by atoms with Crippen molar-refractivity contribution >= 4 is 11.6 Å². The fourth-order valence-electron chi connectivity index (χ4n) is 2.71. The predicted molar refractivity (Wildman–Crippen MR) is 98.4 cm³/mol. The van der Waals surface area contributed by atoms with Crippen molar-refractivity contribution in [2.75, 3.05) is 38.2 Å². The molecule has 0 saturated carbocycles. The van der Waals surface area contributed by atoms with E-state index >= 15 is 0 Å². The number of hydrogen-bond donors (Lipinski definition) is 1. The zero-order chi connectivity index (χ0) is 18.4. The molecule has 0 radical (unpaired) electrons. The van der Waals surface area contributed by atoms with Crippen LogP contribution in [-0.2, 0) is 4.79 Å². The van der Waals surface area contributed by atoms with Crippen molar-refractivity contribution in [2.24, 2.45) is 0 Å². The number of nitrogens with one attached hydrogen (secondary N) is 1. The normalized spacial score (nSPS) is 15.6. The standard InChI is InChI=1S/C19H26N4O2/c1-19(2,3)21-18(24)15(13-20)14-22-9-11-23(12-10-22)16-7-5-6-8-17(16)25-4/h5-8,14H,9-12H2,1-4H3,(H,21,24)/b15-14-. The van der Waals surface area contributed by atoms with E-state index in [1.807, 2.05) is 56.0 Å². The van der Waals surface area contributed by atoms with Gasteiger partial charge in [0.25, 0.3) is 5.91 Å². The number of nitriles is 1. The van der Waals surface area contributed by atoms with Crippen LogP contribution in [0.1, 0.15) is 20.8 Å². The van der Waals surface area contributed by atoms with Gasteiger partial charge in [0.1, 0.15) is 17.4 Å². The molecule has 134 valence electrons. The van der Waals surface area contributed by atoms with E-state index in [0.717, 1.165) is 37.6 Å².